The molecule has 0 saturated carbocycles. The topological polar surface area (TPSA) is 26.3 Å². The largest absolute Gasteiger partial charge is 0.461 e. The Morgan fingerprint density at radius 3 is 2.55 bits per heavy atom. The van der Waals surface area contributed by atoms with Crippen LogP contribution in [0.4, 0.5) is 0 Å². The number of rotatable bonds is 8. The average Bonchev–Trinajstić information content (AvgIpc) is 2.43. The Labute approximate surface area is 122 Å². The molecule has 1 aromatic rings. The van der Waals surface area contributed by atoms with Gasteiger partial charge in [-0.3, -0.25) is 4.79 Å². The first-order valence-electron chi connectivity index (χ1n) is 7.41. The predicted molar refractivity (Wildman–Crippen MR) is 83.3 cm³/mol. The Bertz CT molecular complexity index is 416. The number of esters is 1. The molecular formula is C18H26O2. The molecule has 2 heteroatoms. The van der Waals surface area contributed by atoms with Crippen molar-refractivity contribution in [2.24, 2.45) is 5.92 Å². The number of carbonyl (C=O) groups excluding carboxylic acids is 1. The zero-order valence-electron chi connectivity index (χ0n) is 12.9. The molecule has 0 aromatic heterocycles. The van der Waals surface area contributed by atoms with Crippen LogP contribution in [0.15, 0.2) is 42.0 Å². The fourth-order valence-corrected chi connectivity index (χ4v) is 1.98. The van der Waals surface area contributed by atoms with E-state index in [9.17, 15) is 4.79 Å². The lowest BCUT2D eigenvalue weighted by atomic mass is 9.99. The molecular weight excluding hydrogens is 248 g/mol. The molecule has 0 radical (unpaired) electrons. The standard InChI is InChI=1S/C18H26O2/c1-15(2)8-7-9-16(3)12-13-18(19)20-14-17-10-5-4-6-11-17/h4-6,8,10-11,16H,7,9,12-14H2,1-3H3. The SMILES string of the molecule is CC(C)=CCCC(C)CCC(=O)OCc1ccccc1. The Morgan fingerprint density at radius 1 is 1.20 bits per heavy atom. The van der Waals surface area contributed by atoms with Crippen LogP contribution >= 0.6 is 0 Å². The second kappa shape index (κ2) is 9.35. The van der Waals surface area contributed by atoms with Crippen molar-refractivity contribution >= 4 is 5.97 Å². The summed E-state index contributed by atoms with van der Waals surface area (Å²) in [5.41, 5.74) is 2.40. The van der Waals surface area contributed by atoms with Crippen molar-refractivity contribution in [1.29, 1.82) is 0 Å². The van der Waals surface area contributed by atoms with Crippen LogP contribution in [0.2, 0.25) is 0 Å². The van der Waals surface area contributed by atoms with Gasteiger partial charge in [-0.1, -0.05) is 48.9 Å². The van der Waals surface area contributed by atoms with Gasteiger partial charge in [0.25, 0.3) is 0 Å². The summed E-state index contributed by atoms with van der Waals surface area (Å²) in [4.78, 5) is 11.7. The van der Waals surface area contributed by atoms with Gasteiger partial charge in [0.05, 0.1) is 0 Å². The van der Waals surface area contributed by atoms with Crippen LogP contribution in [0.25, 0.3) is 0 Å². The first-order chi connectivity index (χ1) is 9.58. The first kappa shape index (κ1) is 16.5. The monoisotopic (exact) mass is 274 g/mol. The van der Waals surface area contributed by atoms with Gasteiger partial charge < -0.3 is 4.74 Å². The van der Waals surface area contributed by atoms with Gasteiger partial charge in [0, 0.05) is 6.42 Å². The lowest BCUT2D eigenvalue weighted by Crippen LogP contribution is -2.07. The van der Waals surface area contributed by atoms with E-state index >= 15 is 0 Å². The summed E-state index contributed by atoms with van der Waals surface area (Å²) in [6.45, 7) is 6.81. The van der Waals surface area contributed by atoms with E-state index in [-0.39, 0.29) is 5.97 Å². The molecule has 1 unspecified atom stereocenters. The van der Waals surface area contributed by atoms with Crippen LogP contribution < -0.4 is 0 Å². The first-order valence-corrected chi connectivity index (χ1v) is 7.41. The van der Waals surface area contributed by atoms with Crippen LogP contribution in [0.1, 0.15) is 52.0 Å². The minimum atomic E-state index is -0.0945. The molecule has 110 valence electrons. The molecule has 0 fully saturated rings. The zero-order valence-corrected chi connectivity index (χ0v) is 12.9. The van der Waals surface area contributed by atoms with Crippen molar-refractivity contribution in [3.63, 3.8) is 0 Å². The number of ether oxygens (including phenoxy) is 1. The van der Waals surface area contributed by atoms with Crippen LogP contribution in [0, 0.1) is 5.92 Å². The smallest absolute Gasteiger partial charge is 0.306 e. The van der Waals surface area contributed by atoms with E-state index in [0.717, 1.165) is 24.8 Å². The van der Waals surface area contributed by atoms with Crippen molar-refractivity contribution in [3.05, 3.63) is 47.5 Å². The van der Waals surface area contributed by atoms with E-state index in [1.807, 2.05) is 30.3 Å². The Hall–Kier alpha value is -1.57. The van der Waals surface area contributed by atoms with Gasteiger partial charge in [0.1, 0.15) is 6.61 Å². The summed E-state index contributed by atoms with van der Waals surface area (Å²) in [5, 5.41) is 0. The van der Waals surface area contributed by atoms with Gasteiger partial charge in [-0.05, 0) is 44.6 Å². The number of carbonyl (C=O) groups is 1. The van der Waals surface area contributed by atoms with E-state index < -0.39 is 0 Å². The molecule has 0 aliphatic carbocycles. The third-order valence-corrected chi connectivity index (χ3v) is 3.30. The maximum absolute atomic E-state index is 11.7. The highest BCUT2D eigenvalue weighted by molar-refractivity contribution is 5.69. The van der Waals surface area contributed by atoms with Gasteiger partial charge >= 0.3 is 5.97 Å². The molecule has 0 amide bonds. The van der Waals surface area contributed by atoms with Crippen LogP contribution in [0.5, 0.6) is 0 Å². The molecule has 0 spiro atoms. The van der Waals surface area contributed by atoms with Crippen LogP contribution in [-0.4, -0.2) is 5.97 Å². The van der Waals surface area contributed by atoms with Crippen molar-refractivity contribution in [1.82, 2.24) is 0 Å². The Balaban J connectivity index is 2.15. The quantitative estimate of drug-likeness (QED) is 0.498. The van der Waals surface area contributed by atoms with E-state index in [4.69, 9.17) is 4.74 Å². The molecule has 1 atom stereocenters. The highest BCUT2D eigenvalue weighted by atomic mass is 16.5. The summed E-state index contributed by atoms with van der Waals surface area (Å²) >= 11 is 0. The van der Waals surface area contributed by atoms with Gasteiger partial charge in [0.15, 0.2) is 0 Å². The molecule has 0 aliphatic heterocycles. The molecule has 0 bridgehead atoms. The van der Waals surface area contributed by atoms with Crippen molar-refractivity contribution < 1.29 is 9.53 Å². The van der Waals surface area contributed by atoms with E-state index in [1.165, 1.54) is 5.57 Å². The Morgan fingerprint density at radius 2 is 1.90 bits per heavy atom. The van der Waals surface area contributed by atoms with Gasteiger partial charge in [-0.2, -0.15) is 0 Å². The van der Waals surface area contributed by atoms with E-state index in [0.29, 0.717) is 18.9 Å². The van der Waals surface area contributed by atoms with Gasteiger partial charge in [0.2, 0.25) is 0 Å². The summed E-state index contributed by atoms with van der Waals surface area (Å²) in [5.74, 6) is 0.470. The number of benzene rings is 1. The number of allylic oxidation sites excluding steroid dienone is 2. The Kier molecular flexibility index (Phi) is 7.71. The molecule has 2 nitrogen and oxygen atoms in total. The van der Waals surface area contributed by atoms with Crippen molar-refractivity contribution in [3.8, 4) is 0 Å². The maximum Gasteiger partial charge on any atom is 0.306 e. The number of hydrogen-bond acceptors (Lipinski definition) is 2. The molecule has 20 heavy (non-hydrogen) atoms. The van der Waals surface area contributed by atoms with Gasteiger partial charge in [-0.25, -0.2) is 0 Å². The molecule has 0 saturated heterocycles. The van der Waals surface area contributed by atoms with Crippen LogP contribution in [-0.2, 0) is 16.1 Å². The second-order valence-corrected chi connectivity index (χ2v) is 5.65. The fourth-order valence-electron chi connectivity index (χ4n) is 1.98. The summed E-state index contributed by atoms with van der Waals surface area (Å²) in [7, 11) is 0. The second-order valence-electron chi connectivity index (χ2n) is 5.65. The van der Waals surface area contributed by atoms with Crippen molar-refractivity contribution in [2.45, 2.75) is 53.1 Å². The zero-order chi connectivity index (χ0) is 14.8. The summed E-state index contributed by atoms with van der Waals surface area (Å²) in [6, 6.07) is 9.80. The predicted octanol–water partition coefficient (Wildman–Crippen LogP) is 4.89. The lowest BCUT2D eigenvalue weighted by Gasteiger charge is -2.10. The lowest BCUT2D eigenvalue weighted by molar-refractivity contribution is -0.145. The average molecular weight is 274 g/mol. The third-order valence-electron chi connectivity index (χ3n) is 3.30. The molecule has 1 aromatic carbocycles. The fraction of sp³-hybridized carbons (Fsp3) is 0.500. The molecule has 0 heterocycles. The maximum atomic E-state index is 11.7. The van der Waals surface area contributed by atoms with E-state index in [1.54, 1.807) is 0 Å². The minimum Gasteiger partial charge on any atom is -0.461 e. The van der Waals surface area contributed by atoms with E-state index in [2.05, 4.69) is 26.8 Å². The highest BCUT2D eigenvalue weighted by Gasteiger charge is 2.07. The molecule has 0 aliphatic rings. The number of hydrogen-bond donors (Lipinski definition) is 0. The molecule has 0 N–H and O–H groups in total. The van der Waals surface area contributed by atoms with Crippen LogP contribution in [0.3, 0.4) is 0 Å². The molecule has 1 rings (SSSR count). The third kappa shape index (κ3) is 7.78. The minimum absolute atomic E-state index is 0.0945. The van der Waals surface area contributed by atoms with Crippen molar-refractivity contribution in [2.75, 3.05) is 0 Å². The summed E-state index contributed by atoms with van der Waals surface area (Å²) in [6.07, 6.45) is 5.91. The highest BCUT2D eigenvalue weighted by Crippen LogP contribution is 2.14. The summed E-state index contributed by atoms with van der Waals surface area (Å²) < 4.78 is 5.27. The normalized spacial score (nSPS) is 11.8. The van der Waals surface area contributed by atoms with Gasteiger partial charge in [-0.15, -0.1) is 0 Å².